The molecule has 1 aliphatic carbocycles. The average Bonchev–Trinajstić information content (AvgIpc) is 3.16. The van der Waals surface area contributed by atoms with E-state index in [-0.39, 0.29) is 0 Å². The fourth-order valence-electron chi connectivity index (χ4n) is 2.98. The Morgan fingerprint density at radius 2 is 2.23 bits per heavy atom. The van der Waals surface area contributed by atoms with Crippen LogP contribution in [0.3, 0.4) is 0 Å². The number of nitrogens with one attached hydrogen (secondary N) is 2. The van der Waals surface area contributed by atoms with E-state index >= 15 is 0 Å². The van der Waals surface area contributed by atoms with Crippen LogP contribution in [0.4, 0.5) is 0 Å². The number of hydrogen-bond donors (Lipinski definition) is 2. The Balaban J connectivity index is 1.58. The van der Waals surface area contributed by atoms with Crippen molar-refractivity contribution in [2.45, 2.75) is 52.2 Å². The van der Waals surface area contributed by atoms with Gasteiger partial charge >= 0.3 is 0 Å². The van der Waals surface area contributed by atoms with Crippen molar-refractivity contribution in [3.63, 3.8) is 0 Å². The summed E-state index contributed by atoms with van der Waals surface area (Å²) in [6.07, 6.45) is 2.73. The van der Waals surface area contributed by atoms with E-state index in [9.17, 15) is 0 Å². The molecule has 7 nitrogen and oxygen atoms in total. The molecule has 1 aromatic heterocycles. The standard InChI is InChI=1S/C15H26N6O/c1-4-16-15(17-7-14-18-11(3)20-22-14)19-13-9-21(8-10(13)2)12-5-6-12/h10,12-13H,4-9H2,1-3H3,(H2,16,17,19). The highest BCUT2D eigenvalue weighted by Crippen LogP contribution is 2.31. The van der Waals surface area contributed by atoms with Gasteiger partial charge < -0.3 is 15.2 Å². The van der Waals surface area contributed by atoms with Crippen LogP contribution in [0.15, 0.2) is 9.52 Å². The van der Waals surface area contributed by atoms with E-state index in [4.69, 9.17) is 4.52 Å². The monoisotopic (exact) mass is 306 g/mol. The normalized spacial score (nSPS) is 26.4. The lowest BCUT2D eigenvalue weighted by molar-refractivity contribution is 0.315. The molecule has 2 N–H and O–H groups in total. The number of aliphatic imine (C=N–C) groups is 1. The van der Waals surface area contributed by atoms with Crippen molar-refractivity contribution < 1.29 is 4.52 Å². The van der Waals surface area contributed by atoms with Crippen LogP contribution < -0.4 is 10.6 Å². The molecule has 22 heavy (non-hydrogen) atoms. The Bertz CT molecular complexity index is 524. The molecule has 3 rings (SSSR count). The molecule has 0 aromatic carbocycles. The first-order valence-electron chi connectivity index (χ1n) is 8.23. The molecule has 0 amide bonds. The van der Waals surface area contributed by atoms with Crippen molar-refractivity contribution in [1.82, 2.24) is 25.7 Å². The van der Waals surface area contributed by atoms with Gasteiger partial charge in [-0.15, -0.1) is 0 Å². The molecule has 0 spiro atoms. The number of rotatable bonds is 5. The molecule has 0 radical (unpaired) electrons. The largest absolute Gasteiger partial charge is 0.357 e. The zero-order valence-electron chi connectivity index (χ0n) is 13.7. The van der Waals surface area contributed by atoms with E-state index in [1.54, 1.807) is 0 Å². The Morgan fingerprint density at radius 1 is 1.41 bits per heavy atom. The minimum atomic E-state index is 0.406. The molecule has 2 unspecified atom stereocenters. The summed E-state index contributed by atoms with van der Waals surface area (Å²) in [6.45, 7) is 9.73. The van der Waals surface area contributed by atoms with Gasteiger partial charge in [-0.1, -0.05) is 12.1 Å². The molecule has 2 atom stereocenters. The van der Waals surface area contributed by atoms with Crippen LogP contribution in [0, 0.1) is 12.8 Å². The predicted molar refractivity (Wildman–Crippen MR) is 84.5 cm³/mol. The number of aryl methyl sites for hydroxylation is 1. The highest BCUT2D eigenvalue weighted by atomic mass is 16.5. The highest BCUT2D eigenvalue weighted by Gasteiger charge is 2.38. The van der Waals surface area contributed by atoms with Crippen molar-refractivity contribution in [2.24, 2.45) is 10.9 Å². The summed E-state index contributed by atoms with van der Waals surface area (Å²) >= 11 is 0. The third-order valence-electron chi connectivity index (χ3n) is 4.31. The minimum Gasteiger partial charge on any atom is -0.357 e. The van der Waals surface area contributed by atoms with Crippen molar-refractivity contribution in [3.8, 4) is 0 Å². The molecule has 0 bridgehead atoms. The van der Waals surface area contributed by atoms with Crippen molar-refractivity contribution in [2.75, 3.05) is 19.6 Å². The van der Waals surface area contributed by atoms with Crippen LogP contribution in [0.25, 0.3) is 0 Å². The maximum absolute atomic E-state index is 5.11. The summed E-state index contributed by atoms with van der Waals surface area (Å²) < 4.78 is 5.11. The van der Waals surface area contributed by atoms with Crippen LogP contribution in [0.1, 0.15) is 38.4 Å². The zero-order valence-corrected chi connectivity index (χ0v) is 13.7. The molecular formula is C15H26N6O. The van der Waals surface area contributed by atoms with Crippen LogP contribution in [0.2, 0.25) is 0 Å². The van der Waals surface area contributed by atoms with E-state index in [1.807, 2.05) is 6.92 Å². The Kier molecular flexibility index (Phi) is 4.61. The summed E-state index contributed by atoms with van der Waals surface area (Å²) in [7, 11) is 0. The lowest BCUT2D eigenvalue weighted by atomic mass is 10.1. The highest BCUT2D eigenvalue weighted by molar-refractivity contribution is 5.80. The van der Waals surface area contributed by atoms with Crippen LogP contribution in [0.5, 0.6) is 0 Å². The number of aromatic nitrogens is 2. The second-order valence-corrected chi connectivity index (χ2v) is 6.34. The van der Waals surface area contributed by atoms with Crippen LogP contribution in [-0.4, -0.2) is 52.7 Å². The third-order valence-corrected chi connectivity index (χ3v) is 4.31. The van der Waals surface area contributed by atoms with E-state index in [0.717, 1.165) is 25.1 Å². The van der Waals surface area contributed by atoms with Gasteiger partial charge in [-0.2, -0.15) is 4.98 Å². The topological polar surface area (TPSA) is 78.6 Å². The SMILES string of the molecule is CCNC(=NCc1nc(C)no1)NC1CN(C2CC2)CC1C. The maximum Gasteiger partial charge on any atom is 0.248 e. The summed E-state index contributed by atoms with van der Waals surface area (Å²) in [5.74, 6) is 2.66. The summed E-state index contributed by atoms with van der Waals surface area (Å²) in [5, 5.41) is 10.7. The molecule has 2 heterocycles. The number of likely N-dealkylation sites (tertiary alicyclic amines) is 1. The second kappa shape index (κ2) is 6.64. The maximum atomic E-state index is 5.11. The minimum absolute atomic E-state index is 0.406. The van der Waals surface area contributed by atoms with Gasteiger partial charge in [-0.3, -0.25) is 4.90 Å². The van der Waals surface area contributed by atoms with E-state index in [0.29, 0.717) is 30.2 Å². The molecule has 1 aliphatic heterocycles. The molecule has 1 aromatic rings. The molecule has 2 aliphatic rings. The van der Waals surface area contributed by atoms with Crippen molar-refractivity contribution in [3.05, 3.63) is 11.7 Å². The van der Waals surface area contributed by atoms with E-state index in [2.05, 4.69) is 44.5 Å². The van der Waals surface area contributed by atoms with Gasteiger partial charge in [0.1, 0.15) is 6.54 Å². The lowest BCUT2D eigenvalue weighted by Crippen LogP contribution is -2.46. The molecule has 1 saturated carbocycles. The lowest BCUT2D eigenvalue weighted by Gasteiger charge is -2.20. The molecule has 7 heteroatoms. The average molecular weight is 306 g/mol. The van der Waals surface area contributed by atoms with E-state index < -0.39 is 0 Å². The van der Waals surface area contributed by atoms with Gasteiger partial charge in [0.15, 0.2) is 11.8 Å². The molecule has 122 valence electrons. The van der Waals surface area contributed by atoms with E-state index in [1.165, 1.54) is 19.4 Å². The molecule has 1 saturated heterocycles. The first-order chi connectivity index (χ1) is 10.7. The summed E-state index contributed by atoms with van der Waals surface area (Å²) in [4.78, 5) is 11.3. The first-order valence-corrected chi connectivity index (χ1v) is 8.23. The quantitative estimate of drug-likeness (QED) is 0.622. The number of nitrogens with zero attached hydrogens (tertiary/aromatic N) is 4. The van der Waals surface area contributed by atoms with Gasteiger partial charge in [-0.05, 0) is 32.6 Å². The fraction of sp³-hybridized carbons (Fsp3) is 0.800. The summed E-state index contributed by atoms with van der Waals surface area (Å²) in [6, 6.07) is 1.28. The Morgan fingerprint density at radius 3 is 2.86 bits per heavy atom. The summed E-state index contributed by atoms with van der Waals surface area (Å²) in [5.41, 5.74) is 0. The molecule has 2 fully saturated rings. The van der Waals surface area contributed by atoms with Gasteiger partial charge in [0.05, 0.1) is 0 Å². The Labute approximate surface area is 131 Å². The smallest absolute Gasteiger partial charge is 0.248 e. The third kappa shape index (κ3) is 3.76. The number of hydrogen-bond acceptors (Lipinski definition) is 5. The first kappa shape index (κ1) is 15.3. The predicted octanol–water partition coefficient (Wildman–Crippen LogP) is 0.916. The molecular weight excluding hydrogens is 280 g/mol. The van der Waals surface area contributed by atoms with Gasteiger partial charge in [0, 0.05) is 31.7 Å². The fourth-order valence-corrected chi connectivity index (χ4v) is 2.98. The number of guanidine groups is 1. The Hall–Kier alpha value is -1.63. The van der Waals surface area contributed by atoms with Gasteiger partial charge in [-0.25, -0.2) is 4.99 Å². The van der Waals surface area contributed by atoms with Crippen LogP contribution >= 0.6 is 0 Å². The van der Waals surface area contributed by atoms with Gasteiger partial charge in [0.2, 0.25) is 5.89 Å². The second-order valence-electron chi connectivity index (χ2n) is 6.34. The zero-order chi connectivity index (χ0) is 15.5. The van der Waals surface area contributed by atoms with Gasteiger partial charge in [0.25, 0.3) is 0 Å². The van der Waals surface area contributed by atoms with Crippen LogP contribution in [-0.2, 0) is 6.54 Å². The van der Waals surface area contributed by atoms with Crippen molar-refractivity contribution in [1.29, 1.82) is 0 Å². The van der Waals surface area contributed by atoms with Crippen molar-refractivity contribution >= 4 is 5.96 Å².